The van der Waals surface area contributed by atoms with Crippen LogP contribution in [0.2, 0.25) is 0 Å². The number of hydrogen-bond acceptors (Lipinski definition) is 2. The van der Waals surface area contributed by atoms with E-state index in [9.17, 15) is 4.79 Å². The average Bonchev–Trinajstić information content (AvgIpc) is 2.34. The zero-order chi connectivity index (χ0) is 14.3. The van der Waals surface area contributed by atoms with Crippen molar-refractivity contribution >= 4 is 11.6 Å². The molecular weight excluding hydrogens is 238 g/mol. The highest BCUT2D eigenvalue weighted by Gasteiger charge is 2.07. The lowest BCUT2D eigenvalue weighted by molar-refractivity contribution is -0.111. The quantitative estimate of drug-likeness (QED) is 0.813. The van der Waals surface area contributed by atoms with Gasteiger partial charge in [0.1, 0.15) is 5.75 Å². The van der Waals surface area contributed by atoms with Crippen LogP contribution in [-0.2, 0) is 4.79 Å². The summed E-state index contributed by atoms with van der Waals surface area (Å²) in [4.78, 5) is 11.7. The van der Waals surface area contributed by atoms with Gasteiger partial charge >= 0.3 is 0 Å². The Balaban J connectivity index is 2.40. The van der Waals surface area contributed by atoms with Crippen molar-refractivity contribution in [2.45, 2.75) is 33.6 Å². The summed E-state index contributed by atoms with van der Waals surface area (Å²) in [5.74, 6) is 0.679. The number of amides is 1. The van der Waals surface area contributed by atoms with Gasteiger partial charge in [-0.05, 0) is 48.6 Å². The second-order valence-corrected chi connectivity index (χ2v) is 5.72. The highest BCUT2D eigenvalue weighted by atomic mass is 16.5. The van der Waals surface area contributed by atoms with Crippen molar-refractivity contribution in [3.05, 3.63) is 36.4 Å². The molecule has 0 unspecified atom stereocenters. The molecule has 0 aliphatic rings. The van der Waals surface area contributed by atoms with Gasteiger partial charge in [-0.2, -0.15) is 0 Å². The SMILES string of the molecule is COc1ccc(NC(=O)C=CCCC(C)(C)C)cc1. The Morgan fingerprint density at radius 1 is 1.26 bits per heavy atom. The topological polar surface area (TPSA) is 38.3 Å². The monoisotopic (exact) mass is 261 g/mol. The molecule has 1 rings (SSSR count). The first-order valence-corrected chi connectivity index (χ1v) is 6.52. The second kappa shape index (κ2) is 6.98. The molecule has 0 aromatic heterocycles. The number of carbonyl (C=O) groups is 1. The first-order chi connectivity index (χ1) is 8.90. The van der Waals surface area contributed by atoms with E-state index in [0.717, 1.165) is 24.3 Å². The first-order valence-electron chi connectivity index (χ1n) is 6.52. The van der Waals surface area contributed by atoms with E-state index < -0.39 is 0 Å². The van der Waals surface area contributed by atoms with Gasteiger partial charge in [0.25, 0.3) is 0 Å². The average molecular weight is 261 g/mol. The Bertz CT molecular complexity index is 427. The maximum Gasteiger partial charge on any atom is 0.248 e. The Labute approximate surface area is 115 Å². The lowest BCUT2D eigenvalue weighted by Gasteiger charge is -2.15. The van der Waals surface area contributed by atoms with Gasteiger partial charge in [-0.25, -0.2) is 0 Å². The van der Waals surface area contributed by atoms with E-state index in [1.807, 2.05) is 30.3 Å². The number of anilines is 1. The third kappa shape index (κ3) is 6.65. The van der Waals surface area contributed by atoms with Crippen molar-refractivity contribution in [1.29, 1.82) is 0 Å². The predicted octanol–water partition coefficient (Wildman–Crippen LogP) is 4.02. The third-order valence-electron chi connectivity index (χ3n) is 2.69. The maximum absolute atomic E-state index is 11.7. The summed E-state index contributed by atoms with van der Waals surface area (Å²) in [5.41, 5.74) is 1.07. The fourth-order valence-electron chi connectivity index (χ4n) is 1.56. The molecule has 0 saturated heterocycles. The van der Waals surface area contributed by atoms with Gasteiger partial charge in [0.2, 0.25) is 5.91 Å². The molecule has 0 aliphatic heterocycles. The smallest absolute Gasteiger partial charge is 0.248 e. The molecular formula is C16H23NO2. The molecule has 0 aliphatic carbocycles. The van der Waals surface area contributed by atoms with Gasteiger partial charge in [0.05, 0.1) is 7.11 Å². The van der Waals surface area contributed by atoms with Crippen LogP contribution in [0, 0.1) is 5.41 Å². The molecule has 0 saturated carbocycles. The molecule has 0 radical (unpaired) electrons. The summed E-state index contributed by atoms with van der Waals surface area (Å²) in [6.45, 7) is 6.58. The number of rotatable bonds is 5. The van der Waals surface area contributed by atoms with Crippen molar-refractivity contribution in [3.8, 4) is 5.75 Å². The van der Waals surface area contributed by atoms with Crippen LogP contribution in [0.3, 0.4) is 0 Å². The number of hydrogen-bond donors (Lipinski definition) is 1. The first kappa shape index (κ1) is 15.3. The molecule has 0 heterocycles. The lowest BCUT2D eigenvalue weighted by atomic mass is 9.90. The van der Waals surface area contributed by atoms with E-state index >= 15 is 0 Å². The Kier molecular flexibility index (Phi) is 5.61. The van der Waals surface area contributed by atoms with Crippen molar-refractivity contribution in [2.75, 3.05) is 12.4 Å². The standard InChI is InChI=1S/C16H23NO2/c1-16(2,3)12-6-5-7-15(18)17-13-8-10-14(19-4)11-9-13/h5,7-11H,6,12H2,1-4H3,(H,17,18). The predicted molar refractivity (Wildman–Crippen MR) is 79.5 cm³/mol. The van der Waals surface area contributed by atoms with E-state index in [1.165, 1.54) is 0 Å². The molecule has 3 nitrogen and oxygen atoms in total. The second-order valence-electron chi connectivity index (χ2n) is 5.72. The van der Waals surface area contributed by atoms with E-state index in [1.54, 1.807) is 13.2 Å². The van der Waals surface area contributed by atoms with Crippen LogP contribution in [0.5, 0.6) is 5.75 Å². The molecule has 0 spiro atoms. The summed E-state index contributed by atoms with van der Waals surface area (Å²) in [6, 6.07) is 7.28. The highest BCUT2D eigenvalue weighted by molar-refractivity contribution is 5.99. The van der Waals surface area contributed by atoms with Gasteiger partial charge < -0.3 is 10.1 Å². The third-order valence-corrected chi connectivity index (χ3v) is 2.69. The van der Waals surface area contributed by atoms with Crippen molar-refractivity contribution in [2.24, 2.45) is 5.41 Å². The fourth-order valence-corrected chi connectivity index (χ4v) is 1.56. The largest absolute Gasteiger partial charge is 0.497 e. The van der Waals surface area contributed by atoms with Gasteiger partial charge in [-0.1, -0.05) is 26.8 Å². The molecule has 1 N–H and O–H groups in total. The summed E-state index contributed by atoms with van der Waals surface area (Å²) < 4.78 is 5.06. The molecule has 1 aromatic carbocycles. The number of ether oxygens (including phenoxy) is 1. The van der Waals surface area contributed by atoms with Crippen LogP contribution in [-0.4, -0.2) is 13.0 Å². The number of carbonyl (C=O) groups excluding carboxylic acids is 1. The Hall–Kier alpha value is -1.77. The van der Waals surface area contributed by atoms with Crippen molar-refractivity contribution in [1.82, 2.24) is 0 Å². The lowest BCUT2D eigenvalue weighted by Crippen LogP contribution is -2.08. The van der Waals surface area contributed by atoms with Crippen molar-refractivity contribution in [3.63, 3.8) is 0 Å². The number of methoxy groups -OCH3 is 1. The molecule has 19 heavy (non-hydrogen) atoms. The van der Waals surface area contributed by atoms with E-state index in [-0.39, 0.29) is 5.91 Å². The number of benzene rings is 1. The normalized spacial score (nSPS) is 11.6. The van der Waals surface area contributed by atoms with Gasteiger partial charge in [-0.3, -0.25) is 4.79 Å². The highest BCUT2D eigenvalue weighted by Crippen LogP contribution is 2.20. The Morgan fingerprint density at radius 3 is 2.42 bits per heavy atom. The summed E-state index contributed by atoms with van der Waals surface area (Å²) in [5, 5.41) is 2.81. The molecule has 104 valence electrons. The molecule has 1 amide bonds. The summed E-state index contributed by atoms with van der Waals surface area (Å²) in [7, 11) is 1.62. The molecule has 0 fully saturated rings. The zero-order valence-corrected chi connectivity index (χ0v) is 12.2. The minimum Gasteiger partial charge on any atom is -0.497 e. The zero-order valence-electron chi connectivity index (χ0n) is 12.2. The molecule has 3 heteroatoms. The minimum absolute atomic E-state index is 0.0981. The van der Waals surface area contributed by atoms with Gasteiger partial charge in [0.15, 0.2) is 0 Å². The molecule has 0 atom stereocenters. The van der Waals surface area contributed by atoms with Crippen LogP contribution in [0.15, 0.2) is 36.4 Å². The van der Waals surface area contributed by atoms with E-state index in [0.29, 0.717) is 5.41 Å². The van der Waals surface area contributed by atoms with E-state index in [2.05, 4.69) is 26.1 Å². The summed E-state index contributed by atoms with van der Waals surface area (Å²) in [6.07, 6.45) is 5.50. The summed E-state index contributed by atoms with van der Waals surface area (Å²) >= 11 is 0. The van der Waals surface area contributed by atoms with Crippen LogP contribution in [0.25, 0.3) is 0 Å². The van der Waals surface area contributed by atoms with Crippen LogP contribution in [0.4, 0.5) is 5.69 Å². The van der Waals surface area contributed by atoms with E-state index in [4.69, 9.17) is 4.74 Å². The molecule has 0 bridgehead atoms. The minimum atomic E-state index is -0.0981. The van der Waals surface area contributed by atoms with Gasteiger partial charge in [0, 0.05) is 5.69 Å². The maximum atomic E-state index is 11.7. The van der Waals surface area contributed by atoms with Gasteiger partial charge in [-0.15, -0.1) is 0 Å². The Morgan fingerprint density at radius 2 is 1.89 bits per heavy atom. The number of nitrogens with one attached hydrogen (secondary N) is 1. The van der Waals surface area contributed by atoms with Crippen LogP contribution >= 0.6 is 0 Å². The van der Waals surface area contributed by atoms with Crippen LogP contribution < -0.4 is 10.1 Å². The number of allylic oxidation sites excluding steroid dienone is 1. The molecule has 1 aromatic rings. The van der Waals surface area contributed by atoms with Crippen LogP contribution in [0.1, 0.15) is 33.6 Å². The van der Waals surface area contributed by atoms with Crippen molar-refractivity contribution < 1.29 is 9.53 Å². The fraction of sp³-hybridized carbons (Fsp3) is 0.438.